The number of aromatic nitrogens is 2. The molecule has 0 unspecified atom stereocenters. The lowest BCUT2D eigenvalue weighted by molar-refractivity contribution is 0.205. The van der Waals surface area contributed by atoms with E-state index in [9.17, 15) is 0 Å². The summed E-state index contributed by atoms with van der Waals surface area (Å²) in [5.74, 6) is 2.75. The van der Waals surface area contributed by atoms with E-state index in [4.69, 9.17) is 4.74 Å². The van der Waals surface area contributed by atoms with Gasteiger partial charge >= 0.3 is 0 Å². The van der Waals surface area contributed by atoms with E-state index >= 15 is 0 Å². The molecule has 19 heavy (non-hydrogen) atoms. The first-order chi connectivity index (χ1) is 9.13. The molecule has 0 amide bonds. The van der Waals surface area contributed by atoms with E-state index in [0.29, 0.717) is 6.61 Å². The third-order valence-corrected chi connectivity index (χ3v) is 3.02. The van der Waals surface area contributed by atoms with Gasteiger partial charge in [-0.3, -0.25) is 0 Å². The third kappa shape index (κ3) is 4.35. The van der Waals surface area contributed by atoms with Crippen molar-refractivity contribution in [2.75, 3.05) is 43.6 Å². The Morgan fingerprint density at radius 1 is 1.21 bits per heavy atom. The van der Waals surface area contributed by atoms with Crippen LogP contribution >= 0.6 is 0 Å². The topological polar surface area (TPSA) is 50.3 Å². The number of rotatable bonds is 8. The average Bonchev–Trinajstić information content (AvgIpc) is 2.41. The molecule has 0 aliphatic rings. The lowest BCUT2D eigenvalue weighted by Gasteiger charge is -2.24. The first kappa shape index (κ1) is 15.7. The van der Waals surface area contributed by atoms with Crippen LogP contribution in [-0.4, -0.2) is 43.3 Å². The second-order valence-corrected chi connectivity index (χ2v) is 4.57. The van der Waals surface area contributed by atoms with E-state index in [2.05, 4.69) is 41.0 Å². The molecule has 5 heteroatoms. The Labute approximate surface area is 116 Å². The van der Waals surface area contributed by atoms with Gasteiger partial charge in [0.05, 0.1) is 6.61 Å². The molecule has 1 heterocycles. The number of anilines is 2. The third-order valence-electron chi connectivity index (χ3n) is 3.02. The van der Waals surface area contributed by atoms with E-state index in [0.717, 1.165) is 49.1 Å². The molecule has 1 aromatic heterocycles. The Bertz CT molecular complexity index is 395. The van der Waals surface area contributed by atoms with Crippen molar-refractivity contribution in [1.82, 2.24) is 9.97 Å². The molecule has 0 radical (unpaired) electrons. The number of hydrogen-bond acceptors (Lipinski definition) is 5. The molecule has 0 fully saturated rings. The minimum absolute atomic E-state index is 0.702. The zero-order valence-electron chi connectivity index (χ0n) is 12.8. The highest BCUT2D eigenvalue weighted by Gasteiger charge is 2.14. The van der Waals surface area contributed by atoms with Crippen LogP contribution in [0.5, 0.6) is 0 Å². The Morgan fingerprint density at radius 3 is 2.53 bits per heavy atom. The van der Waals surface area contributed by atoms with Crippen LogP contribution in [0.3, 0.4) is 0 Å². The Kier molecular flexibility index (Phi) is 6.56. The molecule has 0 saturated heterocycles. The number of ether oxygens (including phenoxy) is 1. The van der Waals surface area contributed by atoms with Gasteiger partial charge in [0.25, 0.3) is 0 Å². The van der Waals surface area contributed by atoms with Crippen LogP contribution < -0.4 is 10.2 Å². The highest BCUT2D eigenvalue weighted by molar-refractivity contribution is 5.58. The van der Waals surface area contributed by atoms with Crippen molar-refractivity contribution < 1.29 is 4.74 Å². The zero-order chi connectivity index (χ0) is 14.3. The van der Waals surface area contributed by atoms with Gasteiger partial charge in [-0.2, -0.15) is 0 Å². The fourth-order valence-electron chi connectivity index (χ4n) is 1.95. The van der Waals surface area contributed by atoms with Crippen molar-refractivity contribution in [3.63, 3.8) is 0 Å². The average molecular weight is 266 g/mol. The Hall–Kier alpha value is -1.36. The molecule has 1 N–H and O–H groups in total. The Morgan fingerprint density at radius 2 is 1.95 bits per heavy atom. The summed E-state index contributed by atoms with van der Waals surface area (Å²) in [6.45, 7) is 11.7. The second kappa shape index (κ2) is 7.94. The Balaban J connectivity index is 3.00. The molecule has 1 aromatic rings. The summed E-state index contributed by atoms with van der Waals surface area (Å²) in [6, 6.07) is 0. The SMILES string of the molecule is CCCNc1nc(C)nc(N(CC)CCOC)c1C. The van der Waals surface area contributed by atoms with E-state index in [1.165, 1.54) is 0 Å². The lowest BCUT2D eigenvalue weighted by atomic mass is 10.2. The summed E-state index contributed by atoms with van der Waals surface area (Å²) in [5.41, 5.74) is 1.11. The summed E-state index contributed by atoms with van der Waals surface area (Å²) in [5, 5.41) is 3.37. The van der Waals surface area contributed by atoms with Crippen molar-refractivity contribution in [3.05, 3.63) is 11.4 Å². The quantitative estimate of drug-likeness (QED) is 0.783. The number of aryl methyl sites for hydroxylation is 1. The summed E-state index contributed by atoms with van der Waals surface area (Å²) in [4.78, 5) is 11.3. The molecule has 5 nitrogen and oxygen atoms in total. The maximum absolute atomic E-state index is 5.16. The summed E-state index contributed by atoms with van der Waals surface area (Å²) < 4.78 is 5.16. The van der Waals surface area contributed by atoms with Gasteiger partial charge < -0.3 is 15.0 Å². The summed E-state index contributed by atoms with van der Waals surface area (Å²) in [6.07, 6.45) is 1.08. The van der Waals surface area contributed by atoms with Gasteiger partial charge in [0.1, 0.15) is 17.5 Å². The van der Waals surface area contributed by atoms with Crippen LogP contribution in [0.2, 0.25) is 0 Å². The first-order valence-electron chi connectivity index (χ1n) is 6.97. The van der Waals surface area contributed by atoms with Crippen molar-refractivity contribution >= 4 is 11.6 Å². The van der Waals surface area contributed by atoms with Gasteiger partial charge in [-0.05, 0) is 27.2 Å². The predicted octanol–water partition coefficient (Wildman–Crippen LogP) is 2.39. The zero-order valence-corrected chi connectivity index (χ0v) is 12.8. The number of nitrogens with zero attached hydrogens (tertiary/aromatic N) is 3. The van der Waals surface area contributed by atoms with Crippen LogP contribution in [0, 0.1) is 13.8 Å². The van der Waals surface area contributed by atoms with Gasteiger partial charge in [-0.1, -0.05) is 6.92 Å². The maximum Gasteiger partial charge on any atom is 0.137 e. The molecular formula is C14H26N4O. The summed E-state index contributed by atoms with van der Waals surface area (Å²) in [7, 11) is 1.72. The molecule has 0 aliphatic carbocycles. The summed E-state index contributed by atoms with van der Waals surface area (Å²) >= 11 is 0. The van der Waals surface area contributed by atoms with E-state index < -0.39 is 0 Å². The minimum Gasteiger partial charge on any atom is -0.383 e. The smallest absolute Gasteiger partial charge is 0.137 e. The molecular weight excluding hydrogens is 240 g/mol. The molecule has 1 rings (SSSR count). The van der Waals surface area contributed by atoms with Crippen molar-refractivity contribution in [3.8, 4) is 0 Å². The fourth-order valence-corrected chi connectivity index (χ4v) is 1.95. The van der Waals surface area contributed by atoms with Crippen LogP contribution in [0.15, 0.2) is 0 Å². The minimum atomic E-state index is 0.702. The van der Waals surface area contributed by atoms with E-state index in [1.54, 1.807) is 7.11 Å². The molecule has 0 atom stereocenters. The molecule has 0 bridgehead atoms. The number of hydrogen-bond donors (Lipinski definition) is 1. The standard InChI is InChI=1S/C14H26N4O/c1-6-8-15-13-11(3)14(17-12(4)16-13)18(7-2)9-10-19-5/h6-10H2,1-5H3,(H,15,16,17). The van der Waals surface area contributed by atoms with Crippen molar-refractivity contribution in [2.24, 2.45) is 0 Å². The first-order valence-corrected chi connectivity index (χ1v) is 6.97. The lowest BCUT2D eigenvalue weighted by Crippen LogP contribution is -2.29. The van der Waals surface area contributed by atoms with Crippen molar-refractivity contribution in [1.29, 1.82) is 0 Å². The highest BCUT2D eigenvalue weighted by atomic mass is 16.5. The largest absolute Gasteiger partial charge is 0.383 e. The normalized spacial score (nSPS) is 10.6. The van der Waals surface area contributed by atoms with Gasteiger partial charge in [0, 0.05) is 32.3 Å². The van der Waals surface area contributed by atoms with Gasteiger partial charge in [-0.15, -0.1) is 0 Å². The maximum atomic E-state index is 5.16. The highest BCUT2D eigenvalue weighted by Crippen LogP contribution is 2.23. The molecule has 0 aliphatic heterocycles. The number of nitrogens with one attached hydrogen (secondary N) is 1. The van der Waals surface area contributed by atoms with Gasteiger partial charge in [-0.25, -0.2) is 9.97 Å². The van der Waals surface area contributed by atoms with E-state index in [1.807, 2.05) is 6.92 Å². The number of likely N-dealkylation sites (N-methyl/N-ethyl adjacent to an activating group) is 1. The molecule has 108 valence electrons. The monoisotopic (exact) mass is 266 g/mol. The second-order valence-electron chi connectivity index (χ2n) is 4.57. The van der Waals surface area contributed by atoms with Gasteiger partial charge in [0.15, 0.2) is 0 Å². The van der Waals surface area contributed by atoms with Crippen molar-refractivity contribution in [2.45, 2.75) is 34.1 Å². The van der Waals surface area contributed by atoms with E-state index in [-0.39, 0.29) is 0 Å². The van der Waals surface area contributed by atoms with Crippen LogP contribution in [0.25, 0.3) is 0 Å². The molecule has 0 aromatic carbocycles. The number of methoxy groups -OCH3 is 1. The van der Waals surface area contributed by atoms with Crippen LogP contribution in [0.1, 0.15) is 31.7 Å². The fraction of sp³-hybridized carbons (Fsp3) is 0.714. The molecule has 0 saturated carbocycles. The van der Waals surface area contributed by atoms with Gasteiger partial charge in [0.2, 0.25) is 0 Å². The molecule has 0 spiro atoms. The predicted molar refractivity (Wildman–Crippen MR) is 80.0 cm³/mol. The van der Waals surface area contributed by atoms with Crippen LogP contribution in [-0.2, 0) is 4.74 Å². The van der Waals surface area contributed by atoms with Crippen LogP contribution in [0.4, 0.5) is 11.6 Å².